The molecule has 0 aliphatic rings. The number of hydrogen-bond donors (Lipinski definition) is 0. The van der Waals surface area contributed by atoms with Crippen LogP contribution in [0.4, 0.5) is 0 Å². The van der Waals surface area contributed by atoms with E-state index in [1.165, 1.54) is 6.92 Å². The number of ketones is 1. The number of hydrogen-bond acceptors (Lipinski definition) is 4. The van der Waals surface area contributed by atoms with Crippen LogP contribution in [0.25, 0.3) is 0 Å². The first kappa shape index (κ1) is 14.5. The highest BCUT2D eigenvalue weighted by Crippen LogP contribution is 2.25. The molecule has 0 heterocycles. The summed E-state index contributed by atoms with van der Waals surface area (Å²) in [7, 11) is 1.58. The zero-order valence-corrected chi connectivity index (χ0v) is 11.2. The van der Waals surface area contributed by atoms with Gasteiger partial charge in [0.05, 0.1) is 19.3 Å². The van der Waals surface area contributed by atoms with Gasteiger partial charge in [-0.25, -0.2) is 0 Å². The van der Waals surface area contributed by atoms with Crippen molar-refractivity contribution in [3.63, 3.8) is 0 Å². The lowest BCUT2D eigenvalue weighted by atomic mass is 10.1. The number of methoxy groups -OCH3 is 1. The average Bonchev–Trinajstić information content (AvgIpc) is 2.38. The van der Waals surface area contributed by atoms with Gasteiger partial charge < -0.3 is 14.2 Å². The Bertz CT molecular complexity index is 387. The molecule has 0 saturated carbocycles. The van der Waals surface area contributed by atoms with Gasteiger partial charge in [-0.2, -0.15) is 0 Å². The van der Waals surface area contributed by atoms with E-state index in [0.717, 1.165) is 6.42 Å². The number of rotatable bonds is 8. The second-order valence-electron chi connectivity index (χ2n) is 3.82. The van der Waals surface area contributed by atoms with Crippen molar-refractivity contribution in [1.82, 2.24) is 0 Å². The Morgan fingerprint density at radius 2 is 2.06 bits per heavy atom. The minimum atomic E-state index is -0.0162. The lowest BCUT2D eigenvalue weighted by Gasteiger charge is -2.11. The van der Waals surface area contributed by atoms with Crippen molar-refractivity contribution in [2.24, 2.45) is 0 Å². The Labute approximate surface area is 108 Å². The van der Waals surface area contributed by atoms with E-state index in [1.807, 2.05) is 6.92 Å². The lowest BCUT2D eigenvalue weighted by molar-refractivity contribution is 0.101. The molecule has 0 N–H and O–H groups in total. The average molecular weight is 252 g/mol. The van der Waals surface area contributed by atoms with Crippen LogP contribution in [0.2, 0.25) is 0 Å². The van der Waals surface area contributed by atoms with Crippen LogP contribution in [0.5, 0.6) is 11.5 Å². The van der Waals surface area contributed by atoms with E-state index in [1.54, 1.807) is 25.3 Å². The molecule has 1 aromatic carbocycles. The molecule has 4 heteroatoms. The molecule has 0 saturated heterocycles. The quantitative estimate of drug-likeness (QED) is 0.527. The molecule has 0 fully saturated rings. The number of ether oxygens (including phenoxy) is 3. The molecule has 0 aromatic heterocycles. The zero-order valence-electron chi connectivity index (χ0n) is 11.2. The molecule has 100 valence electrons. The lowest BCUT2D eigenvalue weighted by Crippen LogP contribution is -2.06. The standard InChI is InChI=1S/C14H20O4/c1-4-17-8-5-9-18-14-10-12(16-3)6-7-13(14)11(2)15/h6-7,10H,4-5,8-9H2,1-3H3. The molecule has 0 unspecified atom stereocenters. The predicted octanol–water partition coefficient (Wildman–Crippen LogP) is 2.70. The summed E-state index contributed by atoms with van der Waals surface area (Å²) in [5.74, 6) is 1.23. The van der Waals surface area contributed by atoms with E-state index < -0.39 is 0 Å². The van der Waals surface area contributed by atoms with Crippen LogP contribution in [0.3, 0.4) is 0 Å². The second-order valence-corrected chi connectivity index (χ2v) is 3.82. The van der Waals surface area contributed by atoms with Crippen molar-refractivity contribution in [3.8, 4) is 11.5 Å². The molecule has 0 bridgehead atoms. The van der Waals surface area contributed by atoms with Gasteiger partial charge in [-0.3, -0.25) is 4.79 Å². The highest BCUT2D eigenvalue weighted by molar-refractivity contribution is 5.97. The minimum Gasteiger partial charge on any atom is -0.497 e. The van der Waals surface area contributed by atoms with E-state index in [0.29, 0.717) is 36.9 Å². The Kier molecular flexibility index (Phi) is 6.22. The van der Waals surface area contributed by atoms with Gasteiger partial charge >= 0.3 is 0 Å². The topological polar surface area (TPSA) is 44.8 Å². The van der Waals surface area contributed by atoms with Gasteiger partial charge in [-0.05, 0) is 26.0 Å². The summed E-state index contributed by atoms with van der Waals surface area (Å²) in [5, 5.41) is 0. The monoisotopic (exact) mass is 252 g/mol. The van der Waals surface area contributed by atoms with Gasteiger partial charge in [0.15, 0.2) is 5.78 Å². The summed E-state index contributed by atoms with van der Waals surface area (Å²) in [5.41, 5.74) is 0.576. The first-order valence-corrected chi connectivity index (χ1v) is 6.08. The maximum absolute atomic E-state index is 11.5. The van der Waals surface area contributed by atoms with Gasteiger partial charge in [0, 0.05) is 25.7 Å². The Morgan fingerprint density at radius 3 is 2.67 bits per heavy atom. The van der Waals surface area contributed by atoms with Crippen molar-refractivity contribution in [3.05, 3.63) is 23.8 Å². The molecule has 18 heavy (non-hydrogen) atoms. The van der Waals surface area contributed by atoms with Gasteiger partial charge in [0.25, 0.3) is 0 Å². The molecular formula is C14H20O4. The third-order valence-electron chi connectivity index (χ3n) is 2.46. The smallest absolute Gasteiger partial charge is 0.163 e. The first-order chi connectivity index (χ1) is 8.69. The SMILES string of the molecule is CCOCCCOc1cc(OC)ccc1C(C)=O. The fourth-order valence-electron chi connectivity index (χ4n) is 1.53. The van der Waals surface area contributed by atoms with Crippen LogP contribution < -0.4 is 9.47 Å². The fraction of sp³-hybridized carbons (Fsp3) is 0.500. The molecule has 1 aromatic rings. The Morgan fingerprint density at radius 1 is 1.28 bits per heavy atom. The molecule has 0 aliphatic carbocycles. The highest BCUT2D eigenvalue weighted by atomic mass is 16.5. The molecule has 4 nitrogen and oxygen atoms in total. The van der Waals surface area contributed by atoms with Gasteiger partial charge in [-0.15, -0.1) is 0 Å². The molecule has 0 spiro atoms. The van der Waals surface area contributed by atoms with Crippen LogP contribution in [-0.2, 0) is 4.74 Å². The van der Waals surface area contributed by atoms with Crippen LogP contribution in [0, 0.1) is 0 Å². The van der Waals surface area contributed by atoms with Crippen LogP contribution in [0.15, 0.2) is 18.2 Å². The molecule has 0 radical (unpaired) electrons. The third kappa shape index (κ3) is 4.37. The molecule has 0 aliphatic heterocycles. The summed E-state index contributed by atoms with van der Waals surface area (Å²) in [6.45, 7) is 5.37. The zero-order chi connectivity index (χ0) is 13.4. The van der Waals surface area contributed by atoms with Crippen molar-refractivity contribution >= 4 is 5.78 Å². The fourth-order valence-corrected chi connectivity index (χ4v) is 1.53. The maximum Gasteiger partial charge on any atom is 0.163 e. The Balaban J connectivity index is 2.63. The summed E-state index contributed by atoms with van der Waals surface area (Å²) >= 11 is 0. The number of carbonyl (C=O) groups excluding carboxylic acids is 1. The van der Waals surface area contributed by atoms with E-state index in [9.17, 15) is 4.79 Å². The molecule has 0 atom stereocenters. The van der Waals surface area contributed by atoms with Crippen molar-refractivity contribution in [1.29, 1.82) is 0 Å². The van der Waals surface area contributed by atoms with Crippen molar-refractivity contribution < 1.29 is 19.0 Å². The number of carbonyl (C=O) groups is 1. The van der Waals surface area contributed by atoms with Crippen LogP contribution in [-0.4, -0.2) is 32.7 Å². The van der Waals surface area contributed by atoms with Crippen molar-refractivity contribution in [2.45, 2.75) is 20.3 Å². The molecule has 0 amide bonds. The van der Waals surface area contributed by atoms with Gasteiger partial charge in [0.2, 0.25) is 0 Å². The van der Waals surface area contributed by atoms with E-state index in [4.69, 9.17) is 14.2 Å². The van der Waals surface area contributed by atoms with Crippen molar-refractivity contribution in [2.75, 3.05) is 26.9 Å². The van der Waals surface area contributed by atoms with E-state index >= 15 is 0 Å². The van der Waals surface area contributed by atoms with Crippen LogP contribution in [0.1, 0.15) is 30.6 Å². The summed E-state index contributed by atoms with van der Waals surface area (Å²) in [6, 6.07) is 5.21. The summed E-state index contributed by atoms with van der Waals surface area (Å²) in [6.07, 6.45) is 0.794. The normalized spacial score (nSPS) is 10.2. The van der Waals surface area contributed by atoms with E-state index in [2.05, 4.69) is 0 Å². The highest BCUT2D eigenvalue weighted by Gasteiger charge is 2.09. The number of benzene rings is 1. The summed E-state index contributed by atoms with van der Waals surface area (Å²) < 4.78 is 15.9. The third-order valence-corrected chi connectivity index (χ3v) is 2.46. The summed E-state index contributed by atoms with van der Waals surface area (Å²) in [4.78, 5) is 11.5. The first-order valence-electron chi connectivity index (χ1n) is 6.08. The van der Waals surface area contributed by atoms with E-state index in [-0.39, 0.29) is 5.78 Å². The number of Topliss-reactive ketones (excluding diaryl/α,β-unsaturated/α-hetero) is 1. The molecular weight excluding hydrogens is 232 g/mol. The Hall–Kier alpha value is -1.55. The second kappa shape index (κ2) is 7.71. The van der Waals surface area contributed by atoms with Gasteiger partial charge in [0.1, 0.15) is 11.5 Å². The molecule has 1 rings (SSSR count). The van der Waals surface area contributed by atoms with Crippen LogP contribution >= 0.6 is 0 Å². The maximum atomic E-state index is 11.5. The minimum absolute atomic E-state index is 0.0162. The van der Waals surface area contributed by atoms with Gasteiger partial charge in [-0.1, -0.05) is 0 Å². The largest absolute Gasteiger partial charge is 0.497 e. The predicted molar refractivity (Wildman–Crippen MR) is 69.6 cm³/mol.